The Morgan fingerprint density at radius 1 is 1.60 bits per heavy atom. The molecule has 1 unspecified atom stereocenters. The molecule has 80 valence electrons. The van der Waals surface area contributed by atoms with E-state index in [1.807, 2.05) is 18.2 Å². The molecular formula is C12H13BrClN. The third-order valence-electron chi connectivity index (χ3n) is 2.07. The summed E-state index contributed by atoms with van der Waals surface area (Å²) in [6, 6.07) is 6.08. The zero-order valence-electron chi connectivity index (χ0n) is 8.56. The summed E-state index contributed by atoms with van der Waals surface area (Å²) in [5.74, 6) is 2.63. The summed E-state index contributed by atoms with van der Waals surface area (Å²) in [5, 5.41) is 4.09. The van der Waals surface area contributed by atoms with Crippen molar-refractivity contribution < 1.29 is 0 Å². The van der Waals surface area contributed by atoms with Gasteiger partial charge in [-0.1, -0.05) is 27.5 Å². The van der Waals surface area contributed by atoms with Gasteiger partial charge in [0.15, 0.2) is 0 Å². The van der Waals surface area contributed by atoms with Gasteiger partial charge >= 0.3 is 0 Å². The van der Waals surface area contributed by atoms with Crippen LogP contribution in [0.15, 0.2) is 22.7 Å². The van der Waals surface area contributed by atoms with Crippen LogP contribution in [0.5, 0.6) is 0 Å². The molecule has 0 amide bonds. The molecule has 0 aromatic heterocycles. The van der Waals surface area contributed by atoms with Crippen molar-refractivity contribution in [2.75, 3.05) is 0 Å². The van der Waals surface area contributed by atoms with E-state index in [0.717, 1.165) is 28.0 Å². The monoisotopic (exact) mass is 285 g/mol. The van der Waals surface area contributed by atoms with Crippen LogP contribution in [0.3, 0.4) is 0 Å². The fraction of sp³-hybridized carbons (Fsp3) is 0.333. The van der Waals surface area contributed by atoms with Gasteiger partial charge < -0.3 is 5.32 Å². The summed E-state index contributed by atoms with van der Waals surface area (Å²) in [5.41, 5.74) is 1.14. The fourth-order valence-corrected chi connectivity index (χ4v) is 1.79. The molecule has 15 heavy (non-hydrogen) atoms. The highest BCUT2D eigenvalue weighted by Gasteiger charge is 2.03. The topological polar surface area (TPSA) is 12.0 Å². The summed E-state index contributed by atoms with van der Waals surface area (Å²) in [7, 11) is 0. The van der Waals surface area contributed by atoms with Crippen LogP contribution in [0.2, 0.25) is 5.02 Å². The van der Waals surface area contributed by atoms with Crippen molar-refractivity contribution in [2.45, 2.75) is 25.9 Å². The highest BCUT2D eigenvalue weighted by molar-refractivity contribution is 9.10. The van der Waals surface area contributed by atoms with Crippen LogP contribution in [-0.2, 0) is 6.54 Å². The maximum Gasteiger partial charge on any atom is 0.0410 e. The Hall–Kier alpha value is -0.490. The van der Waals surface area contributed by atoms with Gasteiger partial charge in [0.25, 0.3) is 0 Å². The third kappa shape index (κ3) is 4.25. The highest BCUT2D eigenvalue weighted by atomic mass is 79.9. The van der Waals surface area contributed by atoms with E-state index in [2.05, 4.69) is 34.1 Å². The molecule has 0 radical (unpaired) electrons. The number of hydrogen-bond acceptors (Lipinski definition) is 1. The van der Waals surface area contributed by atoms with Crippen LogP contribution in [0.25, 0.3) is 0 Å². The van der Waals surface area contributed by atoms with Gasteiger partial charge in [0, 0.05) is 28.5 Å². The van der Waals surface area contributed by atoms with Gasteiger partial charge in [-0.25, -0.2) is 0 Å². The lowest BCUT2D eigenvalue weighted by molar-refractivity contribution is 0.558. The molecule has 3 heteroatoms. The molecule has 0 fully saturated rings. The average Bonchev–Trinajstić information content (AvgIpc) is 2.20. The van der Waals surface area contributed by atoms with Crippen LogP contribution in [0.1, 0.15) is 18.9 Å². The summed E-state index contributed by atoms with van der Waals surface area (Å²) in [6.07, 6.45) is 5.97. The largest absolute Gasteiger partial charge is 0.309 e. The minimum atomic E-state index is 0.320. The molecule has 1 aromatic carbocycles. The van der Waals surface area contributed by atoms with Gasteiger partial charge in [-0.2, -0.15) is 0 Å². The summed E-state index contributed by atoms with van der Waals surface area (Å²) in [6.45, 7) is 2.84. The van der Waals surface area contributed by atoms with E-state index in [1.54, 1.807) is 0 Å². The van der Waals surface area contributed by atoms with Crippen molar-refractivity contribution in [1.82, 2.24) is 5.32 Å². The van der Waals surface area contributed by atoms with Gasteiger partial charge in [-0.3, -0.25) is 0 Å². The molecule has 0 aliphatic carbocycles. The SMILES string of the molecule is C#CCC(C)NCc1cc(Cl)ccc1Br. The van der Waals surface area contributed by atoms with Crippen LogP contribution in [-0.4, -0.2) is 6.04 Å². The minimum absolute atomic E-state index is 0.320. The molecule has 0 bridgehead atoms. The zero-order valence-corrected chi connectivity index (χ0v) is 10.9. The fourth-order valence-electron chi connectivity index (χ4n) is 1.21. The predicted molar refractivity (Wildman–Crippen MR) is 68.9 cm³/mol. The van der Waals surface area contributed by atoms with E-state index in [9.17, 15) is 0 Å². The van der Waals surface area contributed by atoms with Crippen LogP contribution < -0.4 is 5.32 Å². The van der Waals surface area contributed by atoms with Crippen molar-refractivity contribution in [3.63, 3.8) is 0 Å². The number of nitrogens with one attached hydrogen (secondary N) is 1. The normalized spacial score (nSPS) is 12.1. The van der Waals surface area contributed by atoms with Gasteiger partial charge in [-0.05, 0) is 30.7 Å². The number of terminal acetylenes is 1. The Morgan fingerprint density at radius 3 is 3.00 bits per heavy atom. The molecule has 0 heterocycles. The summed E-state index contributed by atoms with van der Waals surface area (Å²) in [4.78, 5) is 0. The molecule has 1 aromatic rings. The number of rotatable bonds is 4. The van der Waals surface area contributed by atoms with Crippen LogP contribution in [0, 0.1) is 12.3 Å². The molecule has 1 rings (SSSR count). The second kappa shape index (κ2) is 6.17. The van der Waals surface area contributed by atoms with E-state index < -0.39 is 0 Å². The Morgan fingerprint density at radius 2 is 2.33 bits per heavy atom. The smallest absolute Gasteiger partial charge is 0.0410 e. The Labute approximate surface area is 104 Å². The second-order valence-corrected chi connectivity index (χ2v) is 4.72. The Bertz CT molecular complexity index is 370. The quantitative estimate of drug-likeness (QED) is 0.834. The molecule has 1 N–H and O–H groups in total. The first-order valence-electron chi connectivity index (χ1n) is 4.74. The van der Waals surface area contributed by atoms with E-state index in [1.165, 1.54) is 0 Å². The van der Waals surface area contributed by atoms with Crippen molar-refractivity contribution >= 4 is 27.5 Å². The van der Waals surface area contributed by atoms with E-state index >= 15 is 0 Å². The zero-order chi connectivity index (χ0) is 11.3. The molecule has 0 spiro atoms. The van der Waals surface area contributed by atoms with Crippen molar-refractivity contribution in [3.05, 3.63) is 33.3 Å². The lowest BCUT2D eigenvalue weighted by Crippen LogP contribution is -2.24. The summed E-state index contributed by atoms with van der Waals surface area (Å²) < 4.78 is 1.06. The van der Waals surface area contributed by atoms with E-state index in [4.69, 9.17) is 18.0 Å². The molecular weight excluding hydrogens is 273 g/mol. The van der Waals surface area contributed by atoms with Crippen LogP contribution in [0.4, 0.5) is 0 Å². The Balaban J connectivity index is 2.57. The van der Waals surface area contributed by atoms with E-state index in [0.29, 0.717) is 6.04 Å². The minimum Gasteiger partial charge on any atom is -0.309 e. The second-order valence-electron chi connectivity index (χ2n) is 3.43. The molecule has 0 saturated heterocycles. The molecule has 0 saturated carbocycles. The van der Waals surface area contributed by atoms with Gasteiger partial charge in [0.05, 0.1) is 0 Å². The van der Waals surface area contributed by atoms with Gasteiger partial charge in [0.1, 0.15) is 0 Å². The highest BCUT2D eigenvalue weighted by Crippen LogP contribution is 2.21. The lowest BCUT2D eigenvalue weighted by atomic mass is 10.2. The maximum absolute atomic E-state index is 5.91. The number of hydrogen-bond donors (Lipinski definition) is 1. The summed E-state index contributed by atoms with van der Waals surface area (Å²) >= 11 is 9.39. The first-order valence-corrected chi connectivity index (χ1v) is 5.91. The third-order valence-corrected chi connectivity index (χ3v) is 3.08. The predicted octanol–water partition coefficient (Wildman–Crippen LogP) is 3.60. The average molecular weight is 287 g/mol. The van der Waals surface area contributed by atoms with Gasteiger partial charge in [0.2, 0.25) is 0 Å². The van der Waals surface area contributed by atoms with Crippen molar-refractivity contribution in [2.24, 2.45) is 0 Å². The molecule has 0 aliphatic heterocycles. The maximum atomic E-state index is 5.91. The van der Waals surface area contributed by atoms with Gasteiger partial charge in [-0.15, -0.1) is 12.3 Å². The standard InChI is InChI=1S/C12H13BrClN/c1-3-4-9(2)15-8-10-7-11(14)5-6-12(10)13/h1,5-7,9,15H,4,8H2,2H3. The number of benzene rings is 1. The molecule has 1 nitrogen and oxygen atoms in total. The molecule has 0 aliphatic rings. The first-order chi connectivity index (χ1) is 7.13. The number of halogens is 2. The van der Waals surface area contributed by atoms with Crippen molar-refractivity contribution in [1.29, 1.82) is 0 Å². The van der Waals surface area contributed by atoms with E-state index in [-0.39, 0.29) is 0 Å². The van der Waals surface area contributed by atoms with Crippen LogP contribution >= 0.6 is 27.5 Å². The Kier molecular flexibility index (Phi) is 5.17. The molecule has 1 atom stereocenters. The van der Waals surface area contributed by atoms with Crippen molar-refractivity contribution in [3.8, 4) is 12.3 Å². The lowest BCUT2D eigenvalue weighted by Gasteiger charge is -2.12. The first kappa shape index (κ1) is 12.6.